The van der Waals surface area contributed by atoms with Crippen molar-refractivity contribution in [2.24, 2.45) is 5.92 Å². The Bertz CT molecular complexity index is 460. The summed E-state index contributed by atoms with van der Waals surface area (Å²) in [6.45, 7) is 3.24. The molecule has 5 nitrogen and oxygen atoms in total. The average Bonchev–Trinajstić information content (AvgIpc) is 3.31. The average molecular weight is 297 g/mol. The van der Waals surface area contributed by atoms with E-state index in [2.05, 4.69) is 20.2 Å². The summed E-state index contributed by atoms with van der Waals surface area (Å²) in [6, 6.07) is 0.964. The lowest BCUT2D eigenvalue weighted by atomic mass is 9.99. The van der Waals surface area contributed by atoms with E-state index >= 15 is 0 Å². The first-order valence-corrected chi connectivity index (χ1v) is 7.69. The molecule has 1 aliphatic carbocycles. The maximum absolute atomic E-state index is 6.30. The van der Waals surface area contributed by atoms with Gasteiger partial charge >= 0.3 is 6.01 Å². The van der Waals surface area contributed by atoms with E-state index in [1.165, 1.54) is 25.7 Å². The van der Waals surface area contributed by atoms with Crippen molar-refractivity contribution < 1.29 is 4.74 Å². The van der Waals surface area contributed by atoms with E-state index in [0.29, 0.717) is 23.0 Å². The van der Waals surface area contributed by atoms with E-state index in [-0.39, 0.29) is 0 Å². The molecule has 0 amide bonds. The zero-order valence-electron chi connectivity index (χ0n) is 11.8. The van der Waals surface area contributed by atoms with E-state index < -0.39 is 0 Å². The van der Waals surface area contributed by atoms with Crippen LogP contribution in [0.5, 0.6) is 6.01 Å². The zero-order valence-corrected chi connectivity index (χ0v) is 12.6. The van der Waals surface area contributed by atoms with Crippen molar-refractivity contribution in [3.63, 3.8) is 0 Å². The molecule has 6 heteroatoms. The highest BCUT2D eigenvalue weighted by molar-refractivity contribution is 6.32. The van der Waals surface area contributed by atoms with Gasteiger partial charge in [0.15, 0.2) is 5.82 Å². The van der Waals surface area contributed by atoms with Crippen LogP contribution >= 0.6 is 11.6 Å². The van der Waals surface area contributed by atoms with Gasteiger partial charge in [-0.3, -0.25) is 0 Å². The van der Waals surface area contributed by atoms with Crippen molar-refractivity contribution in [2.45, 2.75) is 31.7 Å². The van der Waals surface area contributed by atoms with Gasteiger partial charge in [-0.2, -0.15) is 4.98 Å². The Morgan fingerprint density at radius 3 is 2.95 bits per heavy atom. The Kier molecular flexibility index (Phi) is 4.27. The highest BCUT2D eigenvalue weighted by Crippen LogP contribution is 2.35. The highest BCUT2D eigenvalue weighted by atomic mass is 35.5. The number of halogens is 1. The van der Waals surface area contributed by atoms with Crippen LogP contribution in [-0.4, -0.2) is 42.8 Å². The molecule has 1 aliphatic heterocycles. The quantitative estimate of drug-likeness (QED) is 0.902. The second-order valence-corrected chi connectivity index (χ2v) is 6.03. The fraction of sp³-hybridized carbons (Fsp3) is 0.714. The van der Waals surface area contributed by atoms with E-state index in [1.54, 1.807) is 13.3 Å². The summed E-state index contributed by atoms with van der Waals surface area (Å²) in [7, 11) is 1.58. The number of methoxy groups -OCH3 is 1. The lowest BCUT2D eigenvalue weighted by molar-refractivity contribution is 0.369. The van der Waals surface area contributed by atoms with Gasteiger partial charge in [-0.1, -0.05) is 11.6 Å². The summed E-state index contributed by atoms with van der Waals surface area (Å²) in [5.41, 5.74) is 0. The molecule has 0 radical (unpaired) electrons. The van der Waals surface area contributed by atoms with Crippen LogP contribution in [-0.2, 0) is 0 Å². The summed E-state index contributed by atoms with van der Waals surface area (Å²) in [6.07, 6.45) is 6.61. The molecule has 110 valence electrons. The van der Waals surface area contributed by atoms with E-state index in [0.717, 1.165) is 25.5 Å². The topological polar surface area (TPSA) is 50.3 Å². The van der Waals surface area contributed by atoms with E-state index in [9.17, 15) is 0 Å². The number of nitrogens with zero attached hydrogens (tertiary/aromatic N) is 3. The van der Waals surface area contributed by atoms with Gasteiger partial charge in [-0.15, -0.1) is 0 Å². The second-order valence-electron chi connectivity index (χ2n) is 5.62. The molecule has 20 heavy (non-hydrogen) atoms. The number of rotatable bonds is 5. The molecule has 1 saturated carbocycles. The van der Waals surface area contributed by atoms with Crippen LogP contribution < -0.4 is 15.0 Å². The van der Waals surface area contributed by atoms with E-state index in [1.807, 2.05) is 0 Å². The minimum Gasteiger partial charge on any atom is -0.467 e. The third-order valence-corrected chi connectivity index (χ3v) is 4.27. The first-order valence-electron chi connectivity index (χ1n) is 7.32. The minimum atomic E-state index is 0.386. The Balaban J connectivity index is 1.79. The molecule has 2 fully saturated rings. The number of piperidine rings is 1. The number of nitrogens with one attached hydrogen (secondary N) is 1. The first-order chi connectivity index (χ1) is 9.78. The number of ether oxygens (including phenoxy) is 1. The van der Waals surface area contributed by atoms with Crippen LogP contribution in [0, 0.1) is 5.92 Å². The molecule has 1 saturated heterocycles. The SMILES string of the molecule is COc1ncc(Cl)c(N(CC2CCCNC2)C2CC2)n1. The van der Waals surface area contributed by atoms with Gasteiger partial charge in [0, 0.05) is 12.6 Å². The van der Waals surface area contributed by atoms with Gasteiger partial charge in [0.05, 0.1) is 13.3 Å². The van der Waals surface area contributed by atoms with Crippen molar-refractivity contribution in [1.82, 2.24) is 15.3 Å². The third-order valence-electron chi connectivity index (χ3n) is 4.00. The molecule has 0 bridgehead atoms. The summed E-state index contributed by atoms with van der Waals surface area (Å²) < 4.78 is 5.13. The molecule has 1 aromatic rings. The molecular formula is C14H21ClN4O. The van der Waals surface area contributed by atoms with E-state index in [4.69, 9.17) is 16.3 Å². The van der Waals surface area contributed by atoms with Crippen LogP contribution in [0.1, 0.15) is 25.7 Å². The number of hydrogen-bond acceptors (Lipinski definition) is 5. The predicted octanol–water partition coefficient (Wildman–Crippen LogP) is 2.11. The lowest BCUT2D eigenvalue weighted by Crippen LogP contribution is -2.39. The standard InChI is InChI=1S/C14H21ClN4O/c1-20-14-17-8-12(15)13(18-14)19(11-4-5-11)9-10-3-2-6-16-7-10/h8,10-11,16H,2-7,9H2,1H3. The fourth-order valence-corrected chi connectivity index (χ4v) is 2.99. The molecule has 2 heterocycles. The lowest BCUT2D eigenvalue weighted by Gasteiger charge is -2.31. The molecule has 1 unspecified atom stereocenters. The number of aromatic nitrogens is 2. The summed E-state index contributed by atoms with van der Waals surface area (Å²) in [5, 5.41) is 4.08. The normalized spacial score (nSPS) is 22.6. The fourth-order valence-electron chi connectivity index (χ4n) is 2.79. The van der Waals surface area contributed by atoms with Gasteiger partial charge in [0.1, 0.15) is 5.02 Å². The molecule has 0 aromatic carbocycles. The summed E-state index contributed by atoms with van der Waals surface area (Å²) in [5.74, 6) is 1.49. The van der Waals surface area contributed by atoms with Crippen LogP contribution in [0.4, 0.5) is 5.82 Å². The molecule has 1 atom stereocenters. The first kappa shape index (κ1) is 13.9. The Hall–Kier alpha value is -1.07. The predicted molar refractivity (Wildman–Crippen MR) is 79.6 cm³/mol. The van der Waals surface area contributed by atoms with Crippen molar-refractivity contribution in [2.75, 3.05) is 31.6 Å². The van der Waals surface area contributed by atoms with Crippen LogP contribution in [0.15, 0.2) is 6.20 Å². The van der Waals surface area contributed by atoms with Crippen LogP contribution in [0.25, 0.3) is 0 Å². The molecule has 2 aliphatic rings. The summed E-state index contributed by atoms with van der Waals surface area (Å²) in [4.78, 5) is 10.9. The molecular weight excluding hydrogens is 276 g/mol. The summed E-state index contributed by atoms with van der Waals surface area (Å²) >= 11 is 6.30. The van der Waals surface area contributed by atoms with Crippen molar-refractivity contribution in [3.8, 4) is 6.01 Å². The van der Waals surface area contributed by atoms with Gasteiger partial charge in [0.2, 0.25) is 0 Å². The van der Waals surface area contributed by atoms with Gasteiger partial charge < -0.3 is 15.0 Å². The molecule has 3 rings (SSSR count). The second kappa shape index (κ2) is 6.14. The van der Waals surface area contributed by atoms with Crippen LogP contribution in [0.2, 0.25) is 5.02 Å². The zero-order chi connectivity index (χ0) is 13.9. The van der Waals surface area contributed by atoms with Crippen molar-refractivity contribution in [1.29, 1.82) is 0 Å². The Labute approximate surface area is 124 Å². The smallest absolute Gasteiger partial charge is 0.318 e. The monoisotopic (exact) mass is 296 g/mol. The third kappa shape index (κ3) is 3.15. The van der Waals surface area contributed by atoms with Gasteiger partial charge in [0.25, 0.3) is 0 Å². The van der Waals surface area contributed by atoms with Gasteiger partial charge in [-0.05, 0) is 44.7 Å². The Morgan fingerprint density at radius 1 is 1.45 bits per heavy atom. The Morgan fingerprint density at radius 2 is 2.30 bits per heavy atom. The molecule has 1 aromatic heterocycles. The maximum Gasteiger partial charge on any atom is 0.318 e. The highest BCUT2D eigenvalue weighted by Gasteiger charge is 2.33. The molecule has 0 spiro atoms. The van der Waals surface area contributed by atoms with Crippen molar-refractivity contribution >= 4 is 17.4 Å². The van der Waals surface area contributed by atoms with Crippen molar-refractivity contribution in [3.05, 3.63) is 11.2 Å². The number of hydrogen-bond donors (Lipinski definition) is 1. The minimum absolute atomic E-state index is 0.386. The largest absolute Gasteiger partial charge is 0.467 e. The molecule has 1 N–H and O–H groups in total. The number of anilines is 1. The van der Waals surface area contributed by atoms with Gasteiger partial charge in [-0.25, -0.2) is 4.98 Å². The van der Waals surface area contributed by atoms with Crippen LogP contribution in [0.3, 0.4) is 0 Å². The maximum atomic E-state index is 6.30.